The minimum absolute atomic E-state index is 0.285. The van der Waals surface area contributed by atoms with Crippen molar-refractivity contribution in [1.29, 1.82) is 0 Å². The Hall–Kier alpha value is -2.30. The Kier molecular flexibility index (Phi) is 2.07. The summed E-state index contributed by atoms with van der Waals surface area (Å²) in [6.07, 6.45) is 4.90. The topological polar surface area (TPSA) is 56.3 Å². The second-order valence-electron chi connectivity index (χ2n) is 3.32. The first-order chi connectivity index (χ1) is 7.92. The summed E-state index contributed by atoms with van der Waals surface area (Å²) in [4.78, 5) is 7.85. The summed E-state index contributed by atoms with van der Waals surface area (Å²) < 4.78 is 10.5. The fourth-order valence-electron chi connectivity index (χ4n) is 1.50. The molecule has 0 saturated carbocycles. The molecule has 0 spiro atoms. The first-order valence-corrected chi connectivity index (χ1v) is 4.83. The molecule has 0 aliphatic carbocycles. The van der Waals surface area contributed by atoms with Gasteiger partial charge in [0.15, 0.2) is 11.5 Å². The van der Waals surface area contributed by atoms with E-state index in [-0.39, 0.29) is 6.79 Å². The van der Waals surface area contributed by atoms with E-state index in [0.717, 1.165) is 22.9 Å². The Morgan fingerprint density at radius 1 is 1.00 bits per heavy atom. The zero-order chi connectivity index (χ0) is 10.8. The van der Waals surface area contributed by atoms with E-state index in [1.807, 2.05) is 18.2 Å². The van der Waals surface area contributed by atoms with Crippen molar-refractivity contribution in [1.82, 2.24) is 9.97 Å². The Morgan fingerprint density at radius 3 is 2.69 bits per heavy atom. The van der Waals surface area contributed by atoms with Crippen LogP contribution in [0, 0.1) is 0 Å². The lowest BCUT2D eigenvalue weighted by atomic mass is 10.2. The van der Waals surface area contributed by atoms with E-state index in [4.69, 9.17) is 9.47 Å². The molecular formula is C11H9N3O2. The number of nitrogens with one attached hydrogen (secondary N) is 1. The molecule has 0 bridgehead atoms. The molecule has 1 N–H and O–H groups in total. The molecule has 80 valence electrons. The van der Waals surface area contributed by atoms with Crippen LogP contribution < -0.4 is 14.8 Å². The number of fused-ring (bicyclic) bond motifs is 1. The number of benzene rings is 1. The summed E-state index contributed by atoms with van der Waals surface area (Å²) in [6, 6.07) is 5.67. The summed E-state index contributed by atoms with van der Waals surface area (Å²) in [7, 11) is 0. The molecule has 3 rings (SSSR count). The molecule has 1 aromatic carbocycles. The van der Waals surface area contributed by atoms with Crippen LogP contribution in [-0.2, 0) is 0 Å². The fourth-order valence-corrected chi connectivity index (χ4v) is 1.50. The van der Waals surface area contributed by atoms with E-state index in [1.165, 1.54) is 6.33 Å². The van der Waals surface area contributed by atoms with Gasteiger partial charge in [-0.1, -0.05) is 0 Å². The highest BCUT2D eigenvalue weighted by atomic mass is 16.7. The highest BCUT2D eigenvalue weighted by Crippen LogP contribution is 2.34. The third kappa shape index (κ3) is 1.63. The molecule has 0 saturated heterocycles. The van der Waals surface area contributed by atoms with E-state index in [1.54, 1.807) is 12.4 Å². The molecule has 5 nitrogen and oxygen atoms in total. The molecule has 16 heavy (non-hydrogen) atoms. The molecule has 1 aliphatic rings. The summed E-state index contributed by atoms with van der Waals surface area (Å²) in [5, 5.41) is 3.17. The lowest BCUT2D eigenvalue weighted by Gasteiger charge is -2.05. The van der Waals surface area contributed by atoms with E-state index in [9.17, 15) is 0 Å². The van der Waals surface area contributed by atoms with E-state index in [2.05, 4.69) is 15.3 Å². The van der Waals surface area contributed by atoms with Crippen LogP contribution >= 0.6 is 0 Å². The lowest BCUT2D eigenvalue weighted by molar-refractivity contribution is 0.174. The summed E-state index contributed by atoms with van der Waals surface area (Å²) in [6.45, 7) is 0.285. The fraction of sp³-hybridized carbons (Fsp3) is 0.0909. The SMILES string of the molecule is c1ncc(Nc2ccc3c(c2)OCO3)cn1. The minimum Gasteiger partial charge on any atom is -0.454 e. The first-order valence-electron chi connectivity index (χ1n) is 4.83. The Balaban J connectivity index is 1.86. The quantitative estimate of drug-likeness (QED) is 0.829. The third-order valence-corrected chi connectivity index (χ3v) is 2.22. The van der Waals surface area contributed by atoms with E-state index < -0.39 is 0 Å². The Labute approximate surface area is 92.1 Å². The first kappa shape index (κ1) is 8.96. The van der Waals surface area contributed by atoms with Crippen LogP contribution in [0.4, 0.5) is 11.4 Å². The maximum absolute atomic E-state index is 5.28. The van der Waals surface area contributed by atoms with Gasteiger partial charge in [0, 0.05) is 11.8 Å². The van der Waals surface area contributed by atoms with Gasteiger partial charge in [0.05, 0.1) is 18.1 Å². The largest absolute Gasteiger partial charge is 0.454 e. The van der Waals surface area contributed by atoms with Gasteiger partial charge in [0.2, 0.25) is 6.79 Å². The van der Waals surface area contributed by atoms with Crippen molar-refractivity contribution < 1.29 is 9.47 Å². The normalized spacial score (nSPS) is 12.5. The van der Waals surface area contributed by atoms with Gasteiger partial charge >= 0.3 is 0 Å². The summed E-state index contributed by atoms with van der Waals surface area (Å²) in [5.74, 6) is 1.52. The van der Waals surface area contributed by atoms with Gasteiger partial charge in [0.1, 0.15) is 6.33 Å². The molecular weight excluding hydrogens is 206 g/mol. The van der Waals surface area contributed by atoms with Crippen molar-refractivity contribution in [2.75, 3.05) is 12.1 Å². The number of anilines is 2. The van der Waals surface area contributed by atoms with Crippen molar-refractivity contribution in [3.8, 4) is 11.5 Å². The minimum atomic E-state index is 0.285. The van der Waals surface area contributed by atoms with E-state index in [0.29, 0.717) is 0 Å². The average molecular weight is 215 g/mol. The molecule has 5 heteroatoms. The number of ether oxygens (including phenoxy) is 2. The van der Waals surface area contributed by atoms with Gasteiger partial charge in [-0.25, -0.2) is 9.97 Å². The van der Waals surface area contributed by atoms with Gasteiger partial charge in [-0.05, 0) is 12.1 Å². The monoisotopic (exact) mass is 215 g/mol. The zero-order valence-corrected chi connectivity index (χ0v) is 8.38. The lowest BCUT2D eigenvalue weighted by Crippen LogP contribution is -1.93. The molecule has 0 unspecified atom stereocenters. The van der Waals surface area contributed by atoms with Crippen molar-refractivity contribution in [3.05, 3.63) is 36.9 Å². The number of hydrogen-bond acceptors (Lipinski definition) is 5. The number of aromatic nitrogens is 2. The van der Waals surface area contributed by atoms with Gasteiger partial charge in [-0.2, -0.15) is 0 Å². The number of hydrogen-bond donors (Lipinski definition) is 1. The number of rotatable bonds is 2. The predicted molar refractivity (Wildman–Crippen MR) is 57.9 cm³/mol. The Morgan fingerprint density at radius 2 is 1.81 bits per heavy atom. The molecule has 0 amide bonds. The summed E-state index contributed by atoms with van der Waals surface area (Å²) >= 11 is 0. The maximum Gasteiger partial charge on any atom is 0.231 e. The van der Waals surface area contributed by atoms with Gasteiger partial charge < -0.3 is 14.8 Å². The van der Waals surface area contributed by atoms with E-state index >= 15 is 0 Å². The molecule has 2 heterocycles. The van der Waals surface area contributed by atoms with Crippen molar-refractivity contribution in [2.45, 2.75) is 0 Å². The van der Waals surface area contributed by atoms with Gasteiger partial charge in [-0.3, -0.25) is 0 Å². The van der Waals surface area contributed by atoms with Crippen LogP contribution in [0.25, 0.3) is 0 Å². The average Bonchev–Trinajstić information content (AvgIpc) is 2.77. The van der Waals surface area contributed by atoms with Crippen molar-refractivity contribution in [3.63, 3.8) is 0 Å². The highest BCUT2D eigenvalue weighted by molar-refractivity contribution is 5.62. The molecule has 0 radical (unpaired) electrons. The number of nitrogens with zero attached hydrogens (tertiary/aromatic N) is 2. The standard InChI is InChI=1S/C11H9N3O2/c1-2-10-11(16-7-15-10)3-8(1)14-9-4-12-6-13-5-9/h1-6,14H,7H2. The maximum atomic E-state index is 5.28. The van der Waals surface area contributed by atoms with Crippen molar-refractivity contribution in [2.24, 2.45) is 0 Å². The second kappa shape index (κ2) is 3.69. The molecule has 1 aromatic heterocycles. The summed E-state index contributed by atoms with van der Waals surface area (Å²) in [5.41, 5.74) is 1.75. The zero-order valence-electron chi connectivity index (χ0n) is 8.38. The van der Waals surface area contributed by atoms with Crippen LogP contribution in [0.2, 0.25) is 0 Å². The van der Waals surface area contributed by atoms with Crippen LogP contribution in [0.5, 0.6) is 11.5 Å². The predicted octanol–water partition coefficient (Wildman–Crippen LogP) is 1.95. The van der Waals surface area contributed by atoms with Crippen LogP contribution in [0.3, 0.4) is 0 Å². The van der Waals surface area contributed by atoms with Crippen LogP contribution in [0.1, 0.15) is 0 Å². The van der Waals surface area contributed by atoms with Crippen molar-refractivity contribution >= 4 is 11.4 Å². The molecule has 2 aromatic rings. The second-order valence-corrected chi connectivity index (χ2v) is 3.32. The highest BCUT2D eigenvalue weighted by Gasteiger charge is 2.12. The van der Waals surface area contributed by atoms with Gasteiger partial charge in [-0.15, -0.1) is 0 Å². The third-order valence-electron chi connectivity index (χ3n) is 2.22. The van der Waals surface area contributed by atoms with Crippen LogP contribution in [-0.4, -0.2) is 16.8 Å². The smallest absolute Gasteiger partial charge is 0.231 e. The van der Waals surface area contributed by atoms with Gasteiger partial charge in [0.25, 0.3) is 0 Å². The Bertz CT molecular complexity index is 502. The molecule has 0 fully saturated rings. The molecule has 1 aliphatic heterocycles. The van der Waals surface area contributed by atoms with Crippen LogP contribution in [0.15, 0.2) is 36.9 Å². The molecule has 0 atom stereocenters.